The fraction of sp³-hybridized carbons (Fsp3) is 0.417. The van der Waals surface area contributed by atoms with Crippen LogP contribution in [0.3, 0.4) is 0 Å². The van der Waals surface area contributed by atoms with Crippen molar-refractivity contribution in [1.82, 2.24) is 15.5 Å². The maximum atomic E-state index is 13.3. The third kappa shape index (κ3) is 5.50. The van der Waals surface area contributed by atoms with Gasteiger partial charge in [0, 0.05) is 16.8 Å². The van der Waals surface area contributed by atoms with Gasteiger partial charge in [-0.2, -0.15) is 18.3 Å². The largest absolute Gasteiger partial charge is 0.492 e. The van der Waals surface area contributed by atoms with E-state index < -0.39 is 17.8 Å². The molecule has 2 aromatic carbocycles. The zero-order chi connectivity index (χ0) is 22.9. The van der Waals surface area contributed by atoms with Gasteiger partial charge in [0.05, 0.1) is 17.3 Å². The molecule has 4 rings (SSSR count). The lowest BCUT2D eigenvalue weighted by Crippen LogP contribution is -2.28. The lowest BCUT2D eigenvalue weighted by atomic mass is 9.97. The van der Waals surface area contributed by atoms with Crippen LogP contribution in [0.2, 0.25) is 0 Å². The minimum Gasteiger partial charge on any atom is -0.492 e. The minimum absolute atomic E-state index is 0. The molecule has 2 heterocycles. The van der Waals surface area contributed by atoms with E-state index in [2.05, 4.69) is 20.8 Å². The Hall–Kier alpha value is -2.58. The first-order valence-corrected chi connectivity index (χ1v) is 10.8. The van der Waals surface area contributed by atoms with Crippen LogP contribution >= 0.6 is 12.4 Å². The smallest absolute Gasteiger partial charge is 0.416 e. The zero-order valence-electron chi connectivity index (χ0n) is 18.8. The van der Waals surface area contributed by atoms with Crippen LogP contribution in [0.1, 0.15) is 48.2 Å². The van der Waals surface area contributed by atoms with E-state index in [0.29, 0.717) is 24.0 Å². The Kier molecular flexibility index (Phi) is 7.69. The van der Waals surface area contributed by atoms with Gasteiger partial charge in [-0.25, -0.2) is 0 Å². The normalized spacial score (nSPS) is 17.0. The van der Waals surface area contributed by atoms with Crippen molar-refractivity contribution >= 4 is 29.0 Å². The summed E-state index contributed by atoms with van der Waals surface area (Å²) in [5.74, 6) is 1.24. The van der Waals surface area contributed by atoms with Crippen molar-refractivity contribution in [3.8, 4) is 5.75 Å². The Morgan fingerprint density at radius 2 is 1.94 bits per heavy atom. The lowest BCUT2D eigenvalue weighted by molar-refractivity contribution is -0.138. The first-order chi connectivity index (χ1) is 15.2. The highest BCUT2D eigenvalue weighted by Crippen LogP contribution is 2.36. The van der Waals surface area contributed by atoms with E-state index in [-0.39, 0.29) is 18.0 Å². The number of anilines is 1. The molecule has 178 valence electrons. The summed E-state index contributed by atoms with van der Waals surface area (Å²) in [7, 11) is 0. The van der Waals surface area contributed by atoms with Crippen molar-refractivity contribution in [3.63, 3.8) is 0 Å². The topological polar surface area (TPSA) is 59.1 Å². The average molecular weight is 481 g/mol. The number of alkyl halides is 3. The maximum absolute atomic E-state index is 13.3. The van der Waals surface area contributed by atoms with Gasteiger partial charge in [0.1, 0.15) is 12.4 Å². The second-order valence-electron chi connectivity index (χ2n) is 8.33. The molecule has 3 aromatic rings. The predicted molar refractivity (Wildman–Crippen MR) is 126 cm³/mol. The summed E-state index contributed by atoms with van der Waals surface area (Å²) < 4.78 is 46.0. The average Bonchev–Trinajstić information content (AvgIpc) is 3.27. The van der Waals surface area contributed by atoms with E-state index in [9.17, 15) is 13.2 Å². The molecule has 0 aliphatic carbocycles. The zero-order valence-corrected chi connectivity index (χ0v) is 19.6. The number of benzene rings is 2. The number of nitrogens with zero attached hydrogens (tertiary/aromatic N) is 2. The highest BCUT2D eigenvalue weighted by Gasteiger charge is 2.33. The fourth-order valence-electron chi connectivity index (χ4n) is 4.27. The molecule has 5 nitrogen and oxygen atoms in total. The molecule has 1 aliphatic heterocycles. The molecule has 2 atom stereocenters. The molecule has 9 heteroatoms. The number of halogens is 4. The van der Waals surface area contributed by atoms with Crippen LogP contribution in [-0.4, -0.2) is 29.4 Å². The van der Waals surface area contributed by atoms with Crippen molar-refractivity contribution in [1.29, 1.82) is 0 Å². The van der Waals surface area contributed by atoms with Gasteiger partial charge in [-0.15, -0.1) is 17.5 Å². The van der Waals surface area contributed by atoms with Gasteiger partial charge in [0.15, 0.2) is 5.82 Å². The standard InChI is InChI=1S/C24H27F3N4O.ClH/c1-14-19(7-4-8-22(14)24(25,26)27)15(2)29-23-21-12-18(32-13-17-6-5-11-28-17)9-10-20(21)16(3)30-31-23;/h4,7-10,12,15,17,28H,5-6,11,13H2,1-3H3,(H,29,31);1H/t15?,17-;/m1./s1. The highest BCUT2D eigenvalue weighted by atomic mass is 35.5. The van der Waals surface area contributed by atoms with Crippen LogP contribution in [0, 0.1) is 13.8 Å². The van der Waals surface area contributed by atoms with Crippen LogP contribution < -0.4 is 15.4 Å². The van der Waals surface area contributed by atoms with E-state index in [1.165, 1.54) is 13.0 Å². The SMILES string of the molecule is Cc1c(C(C)Nc2nnc(C)c3ccc(OC[C@H]4CCCN4)cc23)cccc1C(F)(F)F.Cl. The molecule has 1 unspecified atom stereocenters. The second-order valence-corrected chi connectivity index (χ2v) is 8.33. The molecule has 0 spiro atoms. The van der Waals surface area contributed by atoms with E-state index in [1.807, 2.05) is 32.0 Å². The van der Waals surface area contributed by atoms with E-state index in [4.69, 9.17) is 4.74 Å². The summed E-state index contributed by atoms with van der Waals surface area (Å²) in [5, 5.41) is 16.9. The molecular weight excluding hydrogens is 453 g/mol. The third-order valence-electron chi connectivity index (χ3n) is 6.05. The first kappa shape index (κ1) is 25.1. The van der Waals surface area contributed by atoms with Crippen molar-refractivity contribution in [2.45, 2.75) is 51.9 Å². The Balaban J connectivity index is 0.00000306. The van der Waals surface area contributed by atoms with Gasteiger partial charge in [-0.3, -0.25) is 0 Å². The minimum atomic E-state index is -4.39. The van der Waals surface area contributed by atoms with Gasteiger partial charge >= 0.3 is 6.18 Å². The quantitative estimate of drug-likeness (QED) is 0.453. The first-order valence-electron chi connectivity index (χ1n) is 10.8. The molecule has 1 aromatic heterocycles. The van der Waals surface area contributed by atoms with Crippen molar-refractivity contribution in [2.75, 3.05) is 18.5 Å². The Labute approximate surface area is 197 Å². The van der Waals surface area contributed by atoms with E-state index in [0.717, 1.165) is 47.7 Å². The van der Waals surface area contributed by atoms with E-state index in [1.54, 1.807) is 6.07 Å². The second kappa shape index (κ2) is 10.1. The molecule has 1 aliphatic rings. The van der Waals surface area contributed by atoms with Gasteiger partial charge in [-0.1, -0.05) is 12.1 Å². The van der Waals surface area contributed by atoms with Crippen LogP contribution in [0.4, 0.5) is 19.0 Å². The van der Waals surface area contributed by atoms with Crippen LogP contribution in [0.15, 0.2) is 36.4 Å². The summed E-state index contributed by atoms with van der Waals surface area (Å²) in [5.41, 5.74) is 0.921. The molecule has 0 saturated carbocycles. The molecule has 1 fully saturated rings. The molecule has 1 saturated heterocycles. The van der Waals surface area contributed by atoms with Crippen LogP contribution in [0.5, 0.6) is 5.75 Å². The van der Waals surface area contributed by atoms with Gasteiger partial charge in [0.25, 0.3) is 0 Å². The van der Waals surface area contributed by atoms with Crippen molar-refractivity contribution < 1.29 is 17.9 Å². The van der Waals surface area contributed by atoms with Crippen LogP contribution in [0.25, 0.3) is 10.8 Å². The third-order valence-corrected chi connectivity index (χ3v) is 6.05. The van der Waals surface area contributed by atoms with Gasteiger partial charge in [0.2, 0.25) is 0 Å². The van der Waals surface area contributed by atoms with Crippen molar-refractivity contribution in [2.24, 2.45) is 0 Å². The number of aromatic nitrogens is 2. The summed E-state index contributed by atoms with van der Waals surface area (Å²) in [6.45, 7) is 6.80. The number of hydrogen-bond acceptors (Lipinski definition) is 5. The van der Waals surface area contributed by atoms with Gasteiger partial charge < -0.3 is 15.4 Å². The fourth-order valence-corrected chi connectivity index (χ4v) is 4.27. The molecule has 0 bridgehead atoms. The molecule has 0 radical (unpaired) electrons. The van der Waals surface area contributed by atoms with Gasteiger partial charge in [-0.05, 0) is 75.5 Å². The predicted octanol–water partition coefficient (Wildman–Crippen LogP) is 5.99. The number of ether oxygens (including phenoxy) is 1. The molecule has 2 N–H and O–H groups in total. The number of rotatable bonds is 6. The number of nitrogens with one attached hydrogen (secondary N) is 2. The Morgan fingerprint density at radius 1 is 1.15 bits per heavy atom. The van der Waals surface area contributed by atoms with E-state index >= 15 is 0 Å². The Morgan fingerprint density at radius 3 is 2.64 bits per heavy atom. The van der Waals surface area contributed by atoms with Crippen LogP contribution in [-0.2, 0) is 6.18 Å². The summed E-state index contributed by atoms with van der Waals surface area (Å²) in [6.07, 6.45) is -2.14. The maximum Gasteiger partial charge on any atom is 0.416 e. The number of aryl methyl sites for hydroxylation is 1. The molecular formula is C24H28ClF3N4O. The highest BCUT2D eigenvalue weighted by molar-refractivity contribution is 5.94. The summed E-state index contributed by atoms with van der Waals surface area (Å²) >= 11 is 0. The monoisotopic (exact) mass is 480 g/mol. The Bertz CT molecular complexity index is 1120. The number of fused-ring (bicyclic) bond motifs is 1. The summed E-state index contributed by atoms with van der Waals surface area (Å²) in [6, 6.07) is 9.98. The lowest BCUT2D eigenvalue weighted by Gasteiger charge is -2.21. The number of hydrogen-bond donors (Lipinski definition) is 2. The summed E-state index contributed by atoms with van der Waals surface area (Å²) in [4.78, 5) is 0. The molecule has 33 heavy (non-hydrogen) atoms. The molecule has 0 amide bonds. The van der Waals surface area contributed by atoms with Crippen molar-refractivity contribution in [3.05, 3.63) is 58.8 Å².